The third kappa shape index (κ3) is 8.00. The summed E-state index contributed by atoms with van der Waals surface area (Å²) in [5.41, 5.74) is 2.38. The molecule has 0 aliphatic carbocycles. The van der Waals surface area contributed by atoms with Gasteiger partial charge in [0.15, 0.2) is 11.9 Å². The molecule has 0 aromatic heterocycles. The highest BCUT2D eigenvalue weighted by Crippen LogP contribution is 2.33. The number of hydrogen-bond acceptors (Lipinski definition) is 7. The first-order valence-corrected chi connectivity index (χ1v) is 15.5. The quantitative estimate of drug-likeness (QED) is 0.399. The van der Waals surface area contributed by atoms with Crippen molar-refractivity contribution in [2.75, 3.05) is 38.0 Å². The first-order chi connectivity index (χ1) is 21.3. The molecule has 0 spiro atoms. The lowest BCUT2D eigenvalue weighted by molar-refractivity contribution is -0.126. The Balaban J connectivity index is 1.23. The van der Waals surface area contributed by atoms with Crippen molar-refractivity contribution >= 4 is 58.7 Å². The predicted octanol–water partition coefficient (Wildman–Crippen LogP) is 4.48. The molecule has 1 atom stereocenters. The van der Waals surface area contributed by atoms with Gasteiger partial charge in [0.2, 0.25) is 0 Å². The largest absolute Gasteiger partial charge is 0.505 e. The lowest BCUT2D eigenvalue weighted by Crippen LogP contribution is -2.50. The molecule has 0 radical (unpaired) electrons. The third-order valence-corrected chi connectivity index (χ3v) is 8.67. The van der Waals surface area contributed by atoms with Crippen LogP contribution in [0, 0.1) is 0 Å². The van der Waals surface area contributed by atoms with Crippen molar-refractivity contribution in [3.8, 4) is 5.75 Å². The molecule has 3 aliphatic rings. The summed E-state index contributed by atoms with van der Waals surface area (Å²) in [5, 5.41) is 16.2. The highest BCUT2D eigenvalue weighted by molar-refractivity contribution is 6.37. The van der Waals surface area contributed by atoms with Gasteiger partial charge in [-0.1, -0.05) is 41.4 Å². The normalized spacial score (nSPS) is 18.2. The monoisotopic (exact) mass is 640 g/mol. The van der Waals surface area contributed by atoms with Crippen LogP contribution >= 0.6 is 23.2 Å². The molecular weight excluding hydrogens is 607 g/mol. The molecule has 2 aromatic carbocycles. The number of rotatable bonds is 6. The summed E-state index contributed by atoms with van der Waals surface area (Å²) in [6, 6.07) is 10.6. The van der Waals surface area contributed by atoms with Gasteiger partial charge in [-0.2, -0.15) is 4.99 Å². The van der Waals surface area contributed by atoms with E-state index in [-0.39, 0.29) is 40.3 Å². The zero-order valence-electron chi connectivity index (χ0n) is 24.1. The van der Waals surface area contributed by atoms with Crippen LogP contribution in [-0.2, 0) is 22.4 Å². The number of nitrogens with one attached hydrogen (secondary N) is 2. The van der Waals surface area contributed by atoms with Crippen LogP contribution < -0.4 is 10.6 Å². The molecule has 2 fully saturated rings. The summed E-state index contributed by atoms with van der Waals surface area (Å²) in [6.07, 6.45) is 1.53. The average molecular weight is 642 g/mol. The number of phenols is 1. The van der Waals surface area contributed by atoms with Crippen molar-refractivity contribution in [2.45, 2.75) is 56.7 Å². The summed E-state index contributed by atoms with van der Waals surface area (Å²) in [7, 11) is 0. The number of para-hydroxylation sites is 1. The van der Waals surface area contributed by atoms with Crippen molar-refractivity contribution in [1.82, 2.24) is 15.1 Å². The Morgan fingerprint density at radius 1 is 1.05 bits per heavy atom. The number of hydrogen-bond donors (Lipinski definition) is 3. The molecular formula is C31H34Cl2N6O5. The number of piperidine rings is 2. The Hall–Kier alpha value is -3.85. The number of halogens is 2. The number of ether oxygens (including phenoxy) is 1. The Kier molecular flexibility index (Phi) is 10.6. The van der Waals surface area contributed by atoms with E-state index < -0.39 is 18.1 Å². The molecule has 44 heavy (non-hydrogen) atoms. The van der Waals surface area contributed by atoms with Gasteiger partial charge in [0.1, 0.15) is 0 Å². The standard InChI is InChI=1S/C31H34Cl2N6O5/c32-24-17-20(18-25(33)28(24)40)19-27(29(41)36-13-12-35-22-5-10-34-11-6-22)44-31(43)38-14-8-23(9-15-38)39-16-7-21-3-1-2-4-26(21)37-30(39)42/h1-4,17-18,22-23,27,34,40H,5-11,14-16,19H2,(H,37,42)/t27-/m1/s1. The van der Waals surface area contributed by atoms with Crippen molar-refractivity contribution in [2.24, 2.45) is 9.98 Å². The first-order valence-electron chi connectivity index (χ1n) is 14.7. The Labute approximate surface area is 265 Å². The fourth-order valence-corrected chi connectivity index (χ4v) is 6.16. The van der Waals surface area contributed by atoms with Gasteiger partial charge in [-0.15, -0.1) is 0 Å². The maximum atomic E-state index is 13.2. The van der Waals surface area contributed by atoms with Crippen LogP contribution in [0.4, 0.5) is 15.3 Å². The smallest absolute Gasteiger partial charge is 0.410 e. The topological polar surface area (TPSA) is 136 Å². The minimum absolute atomic E-state index is 0.00486. The summed E-state index contributed by atoms with van der Waals surface area (Å²) < 4.78 is 5.67. The maximum absolute atomic E-state index is 13.2. The van der Waals surface area contributed by atoms with Gasteiger partial charge in [-0.3, -0.25) is 4.79 Å². The van der Waals surface area contributed by atoms with E-state index in [1.54, 1.807) is 0 Å². The number of carbonyl (C=O) groups excluding carboxylic acids is 3. The second-order valence-corrected chi connectivity index (χ2v) is 11.8. The van der Waals surface area contributed by atoms with Crippen LogP contribution in [0.1, 0.15) is 36.8 Å². The van der Waals surface area contributed by atoms with Gasteiger partial charge in [-0.25, -0.2) is 14.6 Å². The summed E-state index contributed by atoms with van der Waals surface area (Å²) in [4.78, 5) is 50.7. The number of nitrogens with zero attached hydrogens (tertiary/aromatic N) is 4. The lowest BCUT2D eigenvalue weighted by Gasteiger charge is -2.37. The molecule has 0 saturated carbocycles. The van der Waals surface area contributed by atoms with E-state index in [1.807, 2.05) is 29.2 Å². The number of amides is 4. The summed E-state index contributed by atoms with van der Waals surface area (Å²) in [6.45, 7) is 3.00. The van der Waals surface area contributed by atoms with E-state index in [9.17, 15) is 19.5 Å². The lowest BCUT2D eigenvalue weighted by atomic mass is 10.0. The highest BCUT2D eigenvalue weighted by Gasteiger charge is 2.33. The second kappa shape index (κ2) is 14.8. The molecule has 0 bridgehead atoms. The number of urea groups is 1. The number of aromatic hydroxyl groups is 1. The maximum Gasteiger partial charge on any atom is 0.410 e. The molecule has 3 N–H and O–H groups in total. The zero-order valence-corrected chi connectivity index (χ0v) is 25.6. The van der Waals surface area contributed by atoms with Gasteiger partial charge in [-0.05, 0) is 74.5 Å². The molecule has 232 valence electrons. The molecule has 11 nitrogen and oxygen atoms in total. The summed E-state index contributed by atoms with van der Waals surface area (Å²) >= 11 is 12.2. The van der Waals surface area contributed by atoms with E-state index in [1.165, 1.54) is 17.0 Å². The molecule has 2 aromatic rings. The van der Waals surface area contributed by atoms with E-state index in [4.69, 9.17) is 27.9 Å². The summed E-state index contributed by atoms with van der Waals surface area (Å²) in [5.74, 6) is 4.00. The Bertz CT molecular complexity index is 1470. The van der Waals surface area contributed by atoms with Crippen LogP contribution in [0.15, 0.2) is 46.4 Å². The minimum atomic E-state index is -1.31. The van der Waals surface area contributed by atoms with Crippen LogP contribution in [0.25, 0.3) is 0 Å². The van der Waals surface area contributed by atoms with Crippen molar-refractivity contribution in [3.05, 3.63) is 57.6 Å². The second-order valence-electron chi connectivity index (χ2n) is 11.0. The van der Waals surface area contributed by atoms with Crippen molar-refractivity contribution in [3.63, 3.8) is 0 Å². The van der Waals surface area contributed by atoms with E-state index >= 15 is 0 Å². The van der Waals surface area contributed by atoms with Crippen LogP contribution in [0.5, 0.6) is 5.75 Å². The van der Waals surface area contributed by atoms with Crippen molar-refractivity contribution < 1.29 is 24.2 Å². The zero-order chi connectivity index (χ0) is 31.1. The van der Waals surface area contributed by atoms with Gasteiger partial charge in [0.05, 0.1) is 27.8 Å². The van der Waals surface area contributed by atoms with E-state index in [0.29, 0.717) is 38.0 Å². The SMILES string of the molecule is O=C(N=C=C=NC1CCNCC1)[C@@H](Cc1cc(Cl)c(O)c(Cl)c1)OC(=O)N1CCC(N2CCc3ccccc3NC2=O)CC1. The minimum Gasteiger partial charge on any atom is -0.505 e. The highest BCUT2D eigenvalue weighted by atomic mass is 35.5. The number of aliphatic imine (C=N–C) groups is 2. The number of anilines is 1. The van der Waals surface area contributed by atoms with Gasteiger partial charge >= 0.3 is 12.1 Å². The van der Waals surface area contributed by atoms with Gasteiger partial charge < -0.3 is 30.3 Å². The van der Waals surface area contributed by atoms with E-state index in [2.05, 4.69) is 32.4 Å². The molecule has 13 heteroatoms. The van der Waals surface area contributed by atoms with Crippen LogP contribution in [0.3, 0.4) is 0 Å². The number of benzene rings is 2. The number of likely N-dealkylation sites (tertiary alicyclic amines) is 1. The van der Waals surface area contributed by atoms with Gasteiger partial charge in [0, 0.05) is 37.8 Å². The fraction of sp³-hybridized carbons (Fsp3) is 0.452. The third-order valence-electron chi connectivity index (χ3n) is 8.09. The number of carbonyl (C=O) groups is 3. The van der Waals surface area contributed by atoms with Crippen LogP contribution in [-0.4, -0.2) is 95.6 Å². The van der Waals surface area contributed by atoms with E-state index in [0.717, 1.165) is 43.6 Å². The fourth-order valence-electron chi connectivity index (χ4n) is 5.63. The average Bonchev–Trinajstić information content (AvgIpc) is 3.20. The first kappa shape index (κ1) is 31.6. The molecule has 0 unspecified atom stereocenters. The molecule has 4 amide bonds. The predicted molar refractivity (Wildman–Crippen MR) is 168 cm³/mol. The number of phenolic OH excluding ortho intramolecular Hbond substituents is 1. The van der Waals surface area contributed by atoms with Crippen molar-refractivity contribution in [1.29, 1.82) is 0 Å². The Morgan fingerprint density at radius 2 is 1.75 bits per heavy atom. The van der Waals surface area contributed by atoms with Gasteiger partial charge in [0.25, 0.3) is 5.91 Å². The molecule has 3 heterocycles. The molecule has 3 aliphatic heterocycles. The molecule has 2 saturated heterocycles. The molecule has 5 rings (SSSR count). The van der Waals surface area contributed by atoms with Crippen LogP contribution in [0.2, 0.25) is 10.0 Å². The Morgan fingerprint density at radius 3 is 2.48 bits per heavy atom. The number of fused-ring (bicyclic) bond motifs is 1.